The lowest BCUT2D eigenvalue weighted by Crippen LogP contribution is -2.54. The molecule has 262 valence electrons. The van der Waals surface area contributed by atoms with Crippen LogP contribution in [0.2, 0.25) is 0 Å². The summed E-state index contributed by atoms with van der Waals surface area (Å²) in [5, 5.41) is 19.2. The molecule has 1 aromatic rings. The highest BCUT2D eigenvalue weighted by Crippen LogP contribution is 2.08. The van der Waals surface area contributed by atoms with Gasteiger partial charge in [0.25, 0.3) is 0 Å². The Bertz CT molecular complexity index is 1370. The van der Waals surface area contributed by atoms with Crippen LogP contribution in [-0.4, -0.2) is 104 Å². The molecule has 1 fully saturated rings. The van der Waals surface area contributed by atoms with Crippen molar-refractivity contribution in [2.75, 3.05) is 38.5 Å². The van der Waals surface area contributed by atoms with Gasteiger partial charge in [-0.2, -0.15) is 0 Å². The molecule has 1 saturated heterocycles. The van der Waals surface area contributed by atoms with E-state index in [0.717, 1.165) is 0 Å². The van der Waals surface area contributed by atoms with Gasteiger partial charge in [0.2, 0.25) is 53.2 Å². The normalized spacial score (nSPS) is 21.1. The number of nitrogen functional groups attached to an aromatic ring is 1. The summed E-state index contributed by atoms with van der Waals surface area (Å²) in [5.74, 6) is -6.38. The molecule has 9 amide bonds. The minimum Gasteiger partial charge on any atom is -0.399 e. The molecule has 0 aromatic heterocycles. The zero-order chi connectivity index (χ0) is 35.6. The molecular weight excluding hydrogens is 632 g/mol. The van der Waals surface area contributed by atoms with E-state index in [1.54, 1.807) is 24.3 Å². The van der Waals surface area contributed by atoms with Gasteiger partial charge in [0, 0.05) is 32.0 Å². The lowest BCUT2D eigenvalue weighted by molar-refractivity contribution is -0.132. The second kappa shape index (κ2) is 19.7. The third kappa shape index (κ3) is 15.0. The molecule has 48 heavy (non-hydrogen) atoms. The zero-order valence-electron chi connectivity index (χ0n) is 26.4. The summed E-state index contributed by atoms with van der Waals surface area (Å²) in [4.78, 5) is 111. The molecular formula is C29H42N10O9. The van der Waals surface area contributed by atoms with Crippen LogP contribution in [0.3, 0.4) is 0 Å². The molecule has 12 N–H and O–H groups in total. The number of amides is 9. The van der Waals surface area contributed by atoms with Crippen LogP contribution >= 0.6 is 0 Å². The van der Waals surface area contributed by atoms with Crippen molar-refractivity contribution in [3.8, 4) is 0 Å². The van der Waals surface area contributed by atoms with Crippen molar-refractivity contribution < 1.29 is 43.2 Å². The summed E-state index contributed by atoms with van der Waals surface area (Å²) in [6.45, 7) is -0.866. The lowest BCUT2D eigenvalue weighted by atomic mass is 10.0. The summed E-state index contributed by atoms with van der Waals surface area (Å²) in [6, 6.07) is 2.85. The fraction of sp³-hybridized carbons (Fsp3) is 0.483. The summed E-state index contributed by atoms with van der Waals surface area (Å²) in [6.07, 6.45) is -0.159. The van der Waals surface area contributed by atoms with Gasteiger partial charge in [-0.05, 0) is 37.0 Å². The molecule has 3 unspecified atom stereocenters. The Morgan fingerprint density at radius 2 is 1.42 bits per heavy atom. The van der Waals surface area contributed by atoms with Gasteiger partial charge in [-0.25, -0.2) is 0 Å². The highest BCUT2D eigenvalue weighted by Gasteiger charge is 2.26. The van der Waals surface area contributed by atoms with Gasteiger partial charge in [-0.15, -0.1) is 0 Å². The molecule has 19 heteroatoms. The van der Waals surface area contributed by atoms with E-state index < -0.39 is 97.5 Å². The fourth-order valence-corrected chi connectivity index (χ4v) is 4.31. The Balaban J connectivity index is 2.24. The first kappa shape index (κ1) is 38.4. The monoisotopic (exact) mass is 674 g/mol. The van der Waals surface area contributed by atoms with Crippen LogP contribution in [0.1, 0.15) is 38.2 Å². The Labute approximate surface area is 275 Å². The number of primary amides is 1. The number of nitrogens with two attached hydrogens (primary N) is 2. The van der Waals surface area contributed by atoms with Crippen molar-refractivity contribution in [2.45, 2.75) is 57.2 Å². The smallest absolute Gasteiger partial charge is 0.243 e. The molecule has 3 atom stereocenters. The molecule has 19 nitrogen and oxygen atoms in total. The third-order valence-electron chi connectivity index (χ3n) is 6.84. The van der Waals surface area contributed by atoms with Gasteiger partial charge >= 0.3 is 0 Å². The molecule has 1 aliphatic heterocycles. The predicted octanol–water partition coefficient (Wildman–Crippen LogP) is -5.07. The molecule has 0 radical (unpaired) electrons. The van der Waals surface area contributed by atoms with Crippen molar-refractivity contribution in [3.05, 3.63) is 29.8 Å². The number of benzene rings is 1. The van der Waals surface area contributed by atoms with Gasteiger partial charge in [0.1, 0.15) is 18.1 Å². The minimum absolute atomic E-state index is 0.0265. The standard InChI is InChI=1S/C29H42N10O9/c1-16(40)33-13-24(43)38-20-8-9-22(41)32-10-2-3-19(27(31)46)37-25(44)14-34-23(42)12-35-29(48)21(39-26(45)15-36-28(20)47)11-17-4-6-18(30)7-5-17/h4-7,19-21H,2-3,8-15,30H2,1H3,(H2,31,46)(H,32,41)(H,33,40)(H,34,42)(H,35,48)(H,36,47)(H,37,44)(H,38,43)(H,39,45). The first-order chi connectivity index (χ1) is 22.7. The number of nitrogens with one attached hydrogen (secondary N) is 8. The summed E-state index contributed by atoms with van der Waals surface area (Å²) in [7, 11) is 0. The quantitative estimate of drug-likeness (QED) is 0.128. The van der Waals surface area contributed by atoms with Crippen molar-refractivity contribution in [1.82, 2.24) is 42.5 Å². The van der Waals surface area contributed by atoms with E-state index in [-0.39, 0.29) is 38.6 Å². The molecule has 2 rings (SSSR count). The summed E-state index contributed by atoms with van der Waals surface area (Å²) in [5.41, 5.74) is 12.2. The Morgan fingerprint density at radius 3 is 2.08 bits per heavy atom. The van der Waals surface area contributed by atoms with Crippen LogP contribution in [0, 0.1) is 0 Å². The molecule has 0 aliphatic carbocycles. The average Bonchev–Trinajstić information content (AvgIpc) is 3.03. The van der Waals surface area contributed by atoms with Gasteiger partial charge < -0.3 is 54.0 Å². The van der Waals surface area contributed by atoms with Crippen LogP contribution in [0.5, 0.6) is 0 Å². The topological polar surface area (TPSA) is 302 Å². The molecule has 1 aromatic carbocycles. The van der Waals surface area contributed by atoms with Crippen molar-refractivity contribution in [3.63, 3.8) is 0 Å². The van der Waals surface area contributed by atoms with Crippen molar-refractivity contribution in [2.24, 2.45) is 5.73 Å². The minimum atomic E-state index is -1.28. The van der Waals surface area contributed by atoms with Crippen LogP contribution in [0.15, 0.2) is 24.3 Å². The summed E-state index contributed by atoms with van der Waals surface area (Å²) >= 11 is 0. The Kier molecular flexibility index (Phi) is 15.8. The van der Waals surface area contributed by atoms with E-state index in [4.69, 9.17) is 11.5 Å². The maximum Gasteiger partial charge on any atom is 0.243 e. The van der Waals surface area contributed by atoms with Crippen molar-refractivity contribution >= 4 is 58.9 Å². The highest BCUT2D eigenvalue weighted by molar-refractivity contribution is 5.95. The first-order valence-corrected chi connectivity index (χ1v) is 15.1. The van der Waals surface area contributed by atoms with Gasteiger partial charge in [0.05, 0.1) is 26.2 Å². The van der Waals surface area contributed by atoms with E-state index in [1.807, 2.05) is 0 Å². The number of hydrogen-bond acceptors (Lipinski definition) is 10. The number of hydrogen-bond donors (Lipinski definition) is 10. The van der Waals surface area contributed by atoms with Crippen LogP contribution in [-0.2, 0) is 49.6 Å². The molecule has 0 bridgehead atoms. The van der Waals surface area contributed by atoms with Crippen LogP contribution < -0.4 is 54.0 Å². The molecule has 0 spiro atoms. The zero-order valence-corrected chi connectivity index (χ0v) is 26.4. The second-order valence-electron chi connectivity index (χ2n) is 10.9. The van der Waals surface area contributed by atoms with E-state index in [0.29, 0.717) is 11.3 Å². The number of rotatable bonds is 6. The van der Waals surface area contributed by atoms with Crippen LogP contribution in [0.4, 0.5) is 5.69 Å². The second-order valence-corrected chi connectivity index (χ2v) is 10.9. The number of carbonyl (C=O) groups excluding carboxylic acids is 9. The number of anilines is 1. The summed E-state index contributed by atoms with van der Waals surface area (Å²) < 4.78 is 0. The van der Waals surface area contributed by atoms with E-state index >= 15 is 0 Å². The Hall–Kier alpha value is -5.75. The van der Waals surface area contributed by atoms with E-state index in [9.17, 15) is 43.2 Å². The van der Waals surface area contributed by atoms with E-state index in [1.165, 1.54) is 6.92 Å². The fourth-order valence-electron chi connectivity index (χ4n) is 4.31. The highest BCUT2D eigenvalue weighted by atomic mass is 16.2. The van der Waals surface area contributed by atoms with E-state index in [2.05, 4.69) is 42.5 Å². The van der Waals surface area contributed by atoms with Gasteiger partial charge in [0.15, 0.2) is 0 Å². The molecule has 1 aliphatic rings. The van der Waals surface area contributed by atoms with Crippen molar-refractivity contribution in [1.29, 1.82) is 0 Å². The molecule has 1 heterocycles. The Morgan fingerprint density at radius 1 is 0.792 bits per heavy atom. The first-order valence-electron chi connectivity index (χ1n) is 15.1. The van der Waals surface area contributed by atoms with Crippen LogP contribution in [0.25, 0.3) is 0 Å². The predicted molar refractivity (Wildman–Crippen MR) is 169 cm³/mol. The largest absolute Gasteiger partial charge is 0.399 e. The SMILES string of the molecule is CC(=O)NCC(=O)NC1CCC(=O)NCCCC(C(N)=O)NC(=O)CNC(=O)CNC(=O)C(Cc2ccc(N)cc2)NC(=O)CNC1=O. The average molecular weight is 675 g/mol. The maximum atomic E-state index is 13.1. The third-order valence-corrected chi connectivity index (χ3v) is 6.84. The van der Waals surface area contributed by atoms with Gasteiger partial charge in [-0.1, -0.05) is 12.1 Å². The number of carbonyl (C=O) groups is 9. The molecule has 0 saturated carbocycles. The lowest BCUT2D eigenvalue weighted by Gasteiger charge is -2.21. The van der Waals surface area contributed by atoms with Gasteiger partial charge in [-0.3, -0.25) is 43.2 Å². The maximum absolute atomic E-state index is 13.1.